The lowest BCUT2D eigenvalue weighted by atomic mass is 10.1. The highest BCUT2D eigenvalue weighted by Crippen LogP contribution is 2.08. The van der Waals surface area contributed by atoms with Gasteiger partial charge in [-0.05, 0) is 39.8 Å². The number of nitrogens with one attached hydrogen (secondary N) is 2. The van der Waals surface area contributed by atoms with Gasteiger partial charge in [0, 0.05) is 11.1 Å². The average molecular weight is 353 g/mol. The van der Waals surface area contributed by atoms with Crippen LogP contribution in [-0.4, -0.2) is 23.4 Å². The summed E-state index contributed by atoms with van der Waals surface area (Å²) < 4.78 is 5.16. The molecule has 2 aromatic rings. The summed E-state index contributed by atoms with van der Waals surface area (Å²) in [6.07, 6.45) is -0.698. The molecular formula is C20H23N3O3. The van der Waals surface area contributed by atoms with Gasteiger partial charge < -0.3 is 10.1 Å². The van der Waals surface area contributed by atoms with E-state index in [9.17, 15) is 9.59 Å². The van der Waals surface area contributed by atoms with Crippen LogP contribution in [0.4, 0.5) is 4.79 Å². The van der Waals surface area contributed by atoms with Gasteiger partial charge in [0.15, 0.2) is 5.84 Å². The molecule has 2 N–H and O–H groups in total. The van der Waals surface area contributed by atoms with Crippen molar-refractivity contribution in [2.75, 3.05) is 0 Å². The van der Waals surface area contributed by atoms with Gasteiger partial charge in [-0.15, -0.1) is 0 Å². The summed E-state index contributed by atoms with van der Waals surface area (Å²) in [4.78, 5) is 24.3. The summed E-state index contributed by atoms with van der Waals surface area (Å²) in [6.45, 7) is 7.24. The van der Waals surface area contributed by atoms with Crippen molar-refractivity contribution in [2.45, 2.75) is 33.3 Å². The second kappa shape index (κ2) is 8.29. The molecule has 0 spiro atoms. The molecule has 0 fully saturated rings. The zero-order chi connectivity index (χ0) is 19.2. The number of amides is 2. The zero-order valence-electron chi connectivity index (χ0n) is 15.4. The van der Waals surface area contributed by atoms with Gasteiger partial charge in [-0.25, -0.2) is 10.2 Å². The van der Waals surface area contributed by atoms with Crippen LogP contribution < -0.4 is 10.7 Å². The van der Waals surface area contributed by atoms with Gasteiger partial charge in [-0.1, -0.05) is 48.0 Å². The number of nitrogens with zero attached hydrogens (tertiary/aromatic N) is 1. The van der Waals surface area contributed by atoms with E-state index >= 15 is 0 Å². The Balaban J connectivity index is 2.21. The summed E-state index contributed by atoms with van der Waals surface area (Å²) in [5, 5.41) is 6.76. The van der Waals surface area contributed by atoms with E-state index < -0.39 is 11.7 Å². The van der Waals surface area contributed by atoms with Gasteiger partial charge in [0.1, 0.15) is 5.60 Å². The lowest BCUT2D eigenvalue weighted by molar-refractivity contribution is 0.0528. The Morgan fingerprint density at radius 1 is 0.923 bits per heavy atom. The van der Waals surface area contributed by atoms with Crippen LogP contribution >= 0.6 is 0 Å². The Bertz CT molecular complexity index is 791. The minimum atomic E-state index is -0.698. The number of carbonyl (C=O) groups is 2. The van der Waals surface area contributed by atoms with E-state index in [0.717, 1.165) is 5.56 Å². The maximum atomic E-state index is 12.4. The molecule has 0 bridgehead atoms. The van der Waals surface area contributed by atoms with Crippen LogP contribution in [0.2, 0.25) is 0 Å². The third kappa shape index (κ3) is 6.05. The highest BCUT2D eigenvalue weighted by atomic mass is 16.6. The first-order valence-corrected chi connectivity index (χ1v) is 8.25. The molecular weight excluding hydrogens is 330 g/mol. The SMILES string of the molecule is Cc1ccc(/C(=N\NC(=O)OC(C)(C)C)NC(=O)c2ccccc2)cc1. The number of hydrogen-bond donors (Lipinski definition) is 2. The number of aryl methyl sites for hydroxylation is 1. The minimum Gasteiger partial charge on any atom is -0.443 e. The Morgan fingerprint density at radius 3 is 2.12 bits per heavy atom. The second-order valence-electron chi connectivity index (χ2n) is 6.76. The fourth-order valence-corrected chi connectivity index (χ4v) is 2.05. The van der Waals surface area contributed by atoms with Crippen LogP contribution in [0.25, 0.3) is 0 Å². The van der Waals surface area contributed by atoms with Crippen LogP contribution in [0.1, 0.15) is 42.3 Å². The molecule has 0 aliphatic heterocycles. The normalized spacial score (nSPS) is 11.6. The molecule has 0 aliphatic carbocycles. The molecule has 0 aromatic heterocycles. The van der Waals surface area contributed by atoms with E-state index in [-0.39, 0.29) is 11.7 Å². The van der Waals surface area contributed by atoms with E-state index in [1.54, 1.807) is 45.0 Å². The van der Waals surface area contributed by atoms with Crippen LogP contribution in [0, 0.1) is 6.92 Å². The molecule has 6 nitrogen and oxygen atoms in total. The fourth-order valence-electron chi connectivity index (χ4n) is 2.05. The molecule has 0 saturated carbocycles. The number of hydrazone groups is 1. The number of carbonyl (C=O) groups excluding carboxylic acids is 2. The van der Waals surface area contributed by atoms with Crippen molar-refractivity contribution in [1.82, 2.24) is 10.7 Å². The minimum absolute atomic E-state index is 0.227. The predicted octanol–water partition coefficient (Wildman–Crippen LogP) is 3.61. The molecule has 0 saturated heterocycles. The Kier molecular flexibility index (Phi) is 6.11. The molecule has 0 heterocycles. The van der Waals surface area contributed by atoms with E-state index in [4.69, 9.17) is 4.74 Å². The zero-order valence-corrected chi connectivity index (χ0v) is 15.4. The number of ether oxygens (including phenoxy) is 1. The highest BCUT2D eigenvalue weighted by Gasteiger charge is 2.17. The van der Waals surface area contributed by atoms with E-state index in [0.29, 0.717) is 11.1 Å². The predicted molar refractivity (Wildman–Crippen MR) is 101 cm³/mol. The van der Waals surface area contributed by atoms with Gasteiger partial charge >= 0.3 is 6.09 Å². The molecule has 136 valence electrons. The van der Waals surface area contributed by atoms with E-state index in [1.807, 2.05) is 37.3 Å². The molecule has 0 aliphatic rings. The largest absolute Gasteiger partial charge is 0.443 e. The van der Waals surface area contributed by atoms with Crippen molar-refractivity contribution < 1.29 is 14.3 Å². The quantitative estimate of drug-likeness (QED) is 0.502. The smallest absolute Gasteiger partial charge is 0.428 e. The molecule has 6 heteroatoms. The van der Waals surface area contributed by atoms with E-state index in [1.165, 1.54) is 0 Å². The van der Waals surface area contributed by atoms with Gasteiger partial charge in [0.2, 0.25) is 0 Å². The van der Waals surface area contributed by atoms with Crippen LogP contribution in [0.15, 0.2) is 59.7 Å². The Hall–Kier alpha value is -3.15. The third-order valence-electron chi connectivity index (χ3n) is 3.25. The number of benzene rings is 2. The van der Waals surface area contributed by atoms with Crippen molar-refractivity contribution in [2.24, 2.45) is 5.10 Å². The van der Waals surface area contributed by atoms with Gasteiger partial charge in [0.25, 0.3) is 5.91 Å². The molecule has 2 amide bonds. The first-order chi connectivity index (χ1) is 12.2. The Morgan fingerprint density at radius 2 is 1.54 bits per heavy atom. The number of rotatable bonds is 3. The van der Waals surface area contributed by atoms with Crippen LogP contribution in [0.3, 0.4) is 0 Å². The highest BCUT2D eigenvalue weighted by molar-refractivity contribution is 6.12. The molecule has 2 aromatic carbocycles. The summed E-state index contributed by atoms with van der Waals surface area (Å²) in [5.41, 5.74) is 3.90. The monoisotopic (exact) mass is 353 g/mol. The summed E-state index contributed by atoms with van der Waals surface area (Å²) in [6, 6.07) is 16.2. The van der Waals surface area contributed by atoms with Gasteiger partial charge in [-0.2, -0.15) is 5.10 Å². The third-order valence-corrected chi connectivity index (χ3v) is 3.25. The van der Waals surface area contributed by atoms with Gasteiger partial charge in [-0.3, -0.25) is 4.79 Å². The van der Waals surface area contributed by atoms with Crippen LogP contribution in [0.5, 0.6) is 0 Å². The lowest BCUT2D eigenvalue weighted by Crippen LogP contribution is -2.35. The topological polar surface area (TPSA) is 79.8 Å². The van der Waals surface area contributed by atoms with Crippen molar-refractivity contribution in [3.63, 3.8) is 0 Å². The van der Waals surface area contributed by atoms with Gasteiger partial charge in [0.05, 0.1) is 0 Å². The maximum absolute atomic E-state index is 12.4. The standard InChI is InChI=1S/C20H23N3O3/c1-14-10-12-15(13-11-14)17(22-23-19(25)26-20(2,3)4)21-18(24)16-8-6-5-7-9-16/h5-13H,1-4H3,(H,23,25)(H,21,22,24). The first kappa shape index (κ1) is 19.2. The number of hydrogen-bond acceptors (Lipinski definition) is 4. The second-order valence-corrected chi connectivity index (χ2v) is 6.76. The summed E-state index contributed by atoms with van der Waals surface area (Å²) in [7, 11) is 0. The maximum Gasteiger partial charge on any atom is 0.428 e. The molecule has 26 heavy (non-hydrogen) atoms. The van der Waals surface area contributed by atoms with Crippen LogP contribution in [-0.2, 0) is 4.74 Å². The van der Waals surface area contributed by atoms with Crippen molar-refractivity contribution >= 4 is 17.8 Å². The first-order valence-electron chi connectivity index (χ1n) is 8.25. The molecule has 0 radical (unpaired) electrons. The van der Waals surface area contributed by atoms with Crippen molar-refractivity contribution in [3.8, 4) is 0 Å². The fraction of sp³-hybridized carbons (Fsp3) is 0.250. The molecule has 0 unspecified atom stereocenters. The summed E-state index contributed by atoms with van der Waals surface area (Å²) in [5.74, 6) is -0.0966. The Labute approximate surface area is 153 Å². The van der Waals surface area contributed by atoms with Crippen molar-refractivity contribution in [3.05, 3.63) is 71.3 Å². The van der Waals surface area contributed by atoms with Crippen molar-refractivity contribution in [1.29, 1.82) is 0 Å². The molecule has 0 atom stereocenters. The average Bonchev–Trinajstić information content (AvgIpc) is 2.58. The van der Waals surface area contributed by atoms with E-state index in [2.05, 4.69) is 15.8 Å². The lowest BCUT2D eigenvalue weighted by Gasteiger charge is -2.18. The summed E-state index contributed by atoms with van der Waals surface area (Å²) >= 11 is 0. The molecule has 2 rings (SSSR count). The number of amidine groups is 1.